The number of fused-ring (bicyclic) bond motifs is 1. The van der Waals surface area contributed by atoms with Crippen LogP contribution in [0.3, 0.4) is 0 Å². The standard InChI is InChI=1S/C5H7N7/c1-12-10-2-3(6)8-5(7)9-4(2)11-12/h1H3,(H4,6,7,8,9,11). The predicted octanol–water partition coefficient (Wildman–Crippen LogP) is -1.08. The van der Waals surface area contributed by atoms with E-state index >= 15 is 0 Å². The summed E-state index contributed by atoms with van der Waals surface area (Å²) in [5, 5.41) is 7.88. The van der Waals surface area contributed by atoms with E-state index in [-0.39, 0.29) is 11.8 Å². The van der Waals surface area contributed by atoms with Gasteiger partial charge >= 0.3 is 0 Å². The Hall–Kier alpha value is -1.92. The van der Waals surface area contributed by atoms with E-state index < -0.39 is 0 Å². The predicted molar refractivity (Wildman–Crippen MR) is 42.9 cm³/mol. The van der Waals surface area contributed by atoms with Crippen LogP contribution in [0, 0.1) is 0 Å². The Morgan fingerprint density at radius 1 is 1.17 bits per heavy atom. The molecule has 0 radical (unpaired) electrons. The molecule has 0 aliphatic carbocycles. The number of nitrogens with zero attached hydrogens (tertiary/aromatic N) is 5. The molecular formula is C5H7N7. The molecule has 2 heterocycles. The topological polar surface area (TPSA) is 109 Å². The van der Waals surface area contributed by atoms with Crippen molar-refractivity contribution in [3.05, 3.63) is 0 Å². The lowest BCUT2D eigenvalue weighted by molar-refractivity contribution is 0.664. The molecule has 0 unspecified atom stereocenters. The first-order valence-corrected chi connectivity index (χ1v) is 3.27. The number of nitrogens with two attached hydrogens (primary N) is 2. The SMILES string of the molecule is Cn1nc2nc(N)nc(N)c2n1. The molecule has 0 saturated carbocycles. The largest absolute Gasteiger partial charge is 0.382 e. The smallest absolute Gasteiger partial charge is 0.224 e. The molecule has 0 bridgehead atoms. The Bertz CT molecular complexity index is 431. The molecule has 0 fully saturated rings. The van der Waals surface area contributed by atoms with Gasteiger partial charge in [-0.1, -0.05) is 0 Å². The Morgan fingerprint density at radius 2 is 1.92 bits per heavy atom. The van der Waals surface area contributed by atoms with Crippen LogP contribution in [-0.4, -0.2) is 25.0 Å². The van der Waals surface area contributed by atoms with Gasteiger partial charge in [0.1, 0.15) is 0 Å². The minimum absolute atomic E-state index is 0.112. The third-order valence-corrected chi connectivity index (χ3v) is 1.39. The maximum atomic E-state index is 5.52. The summed E-state index contributed by atoms with van der Waals surface area (Å²) in [6, 6.07) is 0. The van der Waals surface area contributed by atoms with Gasteiger partial charge in [-0.2, -0.15) is 14.8 Å². The maximum Gasteiger partial charge on any atom is 0.224 e. The highest BCUT2D eigenvalue weighted by Gasteiger charge is 2.07. The number of nitrogen functional groups attached to an aromatic ring is 2. The number of rotatable bonds is 0. The van der Waals surface area contributed by atoms with Gasteiger partial charge in [0.15, 0.2) is 11.3 Å². The molecule has 2 rings (SSSR count). The summed E-state index contributed by atoms with van der Waals surface area (Å²) in [6.07, 6.45) is 0. The molecule has 0 saturated heterocycles. The normalized spacial score (nSPS) is 10.8. The fourth-order valence-electron chi connectivity index (χ4n) is 0.947. The van der Waals surface area contributed by atoms with E-state index in [9.17, 15) is 0 Å². The molecular weight excluding hydrogens is 158 g/mol. The van der Waals surface area contributed by atoms with Gasteiger partial charge < -0.3 is 11.5 Å². The summed E-state index contributed by atoms with van der Waals surface area (Å²) >= 11 is 0. The summed E-state index contributed by atoms with van der Waals surface area (Å²) in [5.74, 6) is 0.367. The summed E-state index contributed by atoms with van der Waals surface area (Å²) in [4.78, 5) is 8.96. The van der Waals surface area contributed by atoms with E-state index in [0.29, 0.717) is 11.2 Å². The molecule has 62 valence electrons. The average Bonchev–Trinajstić information content (AvgIpc) is 2.29. The van der Waals surface area contributed by atoms with E-state index in [0.717, 1.165) is 0 Å². The Balaban J connectivity index is 2.88. The van der Waals surface area contributed by atoms with Crippen molar-refractivity contribution in [1.29, 1.82) is 0 Å². The first-order chi connectivity index (χ1) is 5.66. The number of aromatic nitrogens is 5. The fraction of sp³-hybridized carbons (Fsp3) is 0.200. The number of hydrogen-bond donors (Lipinski definition) is 2. The summed E-state index contributed by atoms with van der Waals surface area (Å²) in [7, 11) is 1.68. The van der Waals surface area contributed by atoms with Gasteiger partial charge in [0, 0.05) is 7.05 Å². The average molecular weight is 165 g/mol. The molecule has 0 amide bonds. The highest BCUT2D eigenvalue weighted by Crippen LogP contribution is 2.12. The Morgan fingerprint density at radius 3 is 2.67 bits per heavy atom. The Kier molecular flexibility index (Phi) is 1.15. The van der Waals surface area contributed by atoms with E-state index in [1.54, 1.807) is 7.05 Å². The summed E-state index contributed by atoms with van der Waals surface area (Å²) in [5.41, 5.74) is 11.8. The zero-order valence-electron chi connectivity index (χ0n) is 6.39. The highest BCUT2D eigenvalue weighted by atomic mass is 15.5. The fourth-order valence-corrected chi connectivity index (χ4v) is 0.947. The third-order valence-electron chi connectivity index (χ3n) is 1.39. The first-order valence-electron chi connectivity index (χ1n) is 3.27. The minimum Gasteiger partial charge on any atom is -0.382 e. The van der Waals surface area contributed by atoms with Crippen LogP contribution in [0.15, 0.2) is 0 Å². The molecule has 0 aromatic carbocycles. The minimum atomic E-state index is 0.112. The number of aryl methyl sites for hydroxylation is 1. The van der Waals surface area contributed by atoms with E-state index in [1.165, 1.54) is 4.80 Å². The van der Waals surface area contributed by atoms with Crippen molar-refractivity contribution in [2.45, 2.75) is 0 Å². The van der Waals surface area contributed by atoms with Gasteiger partial charge in [-0.3, -0.25) is 0 Å². The van der Waals surface area contributed by atoms with E-state index in [1.807, 2.05) is 0 Å². The molecule has 7 nitrogen and oxygen atoms in total. The molecule has 4 N–H and O–H groups in total. The quantitative estimate of drug-likeness (QED) is 0.514. The second-order valence-electron chi connectivity index (χ2n) is 2.33. The van der Waals surface area contributed by atoms with Gasteiger partial charge in [-0.25, -0.2) is 0 Å². The molecule has 0 atom stereocenters. The van der Waals surface area contributed by atoms with Crippen LogP contribution in [0.2, 0.25) is 0 Å². The zero-order valence-corrected chi connectivity index (χ0v) is 6.39. The van der Waals surface area contributed by atoms with Crippen molar-refractivity contribution in [3.8, 4) is 0 Å². The van der Waals surface area contributed by atoms with Crippen LogP contribution in [0.5, 0.6) is 0 Å². The highest BCUT2D eigenvalue weighted by molar-refractivity contribution is 5.81. The van der Waals surface area contributed by atoms with Crippen LogP contribution >= 0.6 is 0 Å². The number of anilines is 2. The first kappa shape index (κ1) is 6.77. The van der Waals surface area contributed by atoms with Crippen molar-refractivity contribution in [2.24, 2.45) is 7.05 Å². The van der Waals surface area contributed by atoms with Crippen molar-refractivity contribution in [1.82, 2.24) is 25.0 Å². The lowest BCUT2D eigenvalue weighted by Gasteiger charge is -1.92. The van der Waals surface area contributed by atoms with Crippen LogP contribution in [0.25, 0.3) is 11.2 Å². The third kappa shape index (κ3) is 0.831. The second-order valence-corrected chi connectivity index (χ2v) is 2.33. The zero-order chi connectivity index (χ0) is 8.72. The molecule has 2 aromatic heterocycles. The van der Waals surface area contributed by atoms with Gasteiger partial charge in [-0.15, -0.1) is 10.2 Å². The van der Waals surface area contributed by atoms with Gasteiger partial charge in [0.05, 0.1) is 0 Å². The summed E-state index contributed by atoms with van der Waals surface area (Å²) in [6.45, 7) is 0. The van der Waals surface area contributed by atoms with Crippen molar-refractivity contribution in [3.63, 3.8) is 0 Å². The molecule has 0 aliphatic rings. The van der Waals surface area contributed by atoms with Gasteiger partial charge in [0.25, 0.3) is 0 Å². The lowest BCUT2D eigenvalue weighted by atomic mass is 10.5. The molecule has 12 heavy (non-hydrogen) atoms. The van der Waals surface area contributed by atoms with E-state index in [4.69, 9.17) is 11.5 Å². The van der Waals surface area contributed by atoms with Gasteiger partial charge in [-0.05, 0) is 0 Å². The monoisotopic (exact) mass is 165 g/mol. The maximum absolute atomic E-state index is 5.52. The second kappa shape index (κ2) is 2.03. The van der Waals surface area contributed by atoms with Crippen molar-refractivity contribution < 1.29 is 0 Å². The van der Waals surface area contributed by atoms with Crippen LogP contribution in [0.4, 0.5) is 11.8 Å². The summed E-state index contributed by atoms with van der Waals surface area (Å²) < 4.78 is 0. The van der Waals surface area contributed by atoms with Crippen LogP contribution in [0.1, 0.15) is 0 Å². The van der Waals surface area contributed by atoms with E-state index in [2.05, 4.69) is 20.2 Å². The molecule has 2 aromatic rings. The molecule has 0 aliphatic heterocycles. The van der Waals surface area contributed by atoms with Crippen molar-refractivity contribution >= 4 is 22.9 Å². The molecule has 0 spiro atoms. The lowest BCUT2D eigenvalue weighted by Crippen LogP contribution is -1.99. The van der Waals surface area contributed by atoms with Gasteiger partial charge in [0.2, 0.25) is 11.6 Å². The number of hydrogen-bond acceptors (Lipinski definition) is 6. The van der Waals surface area contributed by atoms with Crippen LogP contribution in [-0.2, 0) is 7.05 Å². The van der Waals surface area contributed by atoms with Crippen LogP contribution < -0.4 is 11.5 Å². The van der Waals surface area contributed by atoms with Crippen molar-refractivity contribution in [2.75, 3.05) is 11.5 Å². The Labute approximate surface area is 67.4 Å². The molecule has 7 heteroatoms.